The van der Waals surface area contributed by atoms with Crippen LogP contribution in [0.25, 0.3) is 0 Å². The Morgan fingerprint density at radius 2 is 2.16 bits per heavy atom. The van der Waals surface area contributed by atoms with Gasteiger partial charge in [0.05, 0.1) is 25.0 Å². The number of rotatable bonds is 5. The van der Waals surface area contributed by atoms with Crippen molar-refractivity contribution in [1.29, 1.82) is 0 Å². The zero-order valence-corrected chi connectivity index (χ0v) is 11.4. The minimum absolute atomic E-state index is 0.302. The first kappa shape index (κ1) is 13.4. The van der Waals surface area contributed by atoms with Crippen molar-refractivity contribution in [2.75, 3.05) is 12.4 Å². The lowest BCUT2D eigenvalue weighted by Gasteiger charge is -2.08. The van der Waals surface area contributed by atoms with Crippen LogP contribution in [0, 0.1) is 5.82 Å². The Morgan fingerprint density at radius 3 is 2.79 bits per heavy atom. The van der Waals surface area contributed by atoms with Crippen LogP contribution in [0.15, 0.2) is 30.5 Å². The molecule has 0 spiro atoms. The molecule has 0 unspecified atom stereocenters. The predicted octanol–water partition coefficient (Wildman–Crippen LogP) is 3.22. The third kappa shape index (κ3) is 3.24. The van der Waals surface area contributed by atoms with Crippen molar-refractivity contribution in [1.82, 2.24) is 9.78 Å². The van der Waals surface area contributed by atoms with E-state index < -0.39 is 0 Å². The standard InChI is InChI=1S/C14H18FN3O/c1-10(2)18-7-6-11(17-18)9-16-14-8-12(19-3)4-5-13(14)15/h4-8,10,16H,9H2,1-3H3. The van der Waals surface area contributed by atoms with E-state index in [9.17, 15) is 4.39 Å². The zero-order chi connectivity index (χ0) is 13.8. The molecule has 0 saturated heterocycles. The molecule has 2 aromatic rings. The third-order valence-corrected chi connectivity index (χ3v) is 2.83. The van der Waals surface area contributed by atoms with Crippen LogP contribution in [-0.2, 0) is 6.54 Å². The molecule has 1 heterocycles. The highest BCUT2D eigenvalue weighted by atomic mass is 19.1. The summed E-state index contributed by atoms with van der Waals surface area (Å²) < 4.78 is 20.5. The number of hydrogen-bond donors (Lipinski definition) is 1. The zero-order valence-electron chi connectivity index (χ0n) is 11.4. The first-order chi connectivity index (χ1) is 9.10. The Hall–Kier alpha value is -2.04. The van der Waals surface area contributed by atoms with Crippen LogP contribution in [0.1, 0.15) is 25.6 Å². The first-order valence-corrected chi connectivity index (χ1v) is 6.21. The fraction of sp³-hybridized carbons (Fsp3) is 0.357. The second-order valence-corrected chi connectivity index (χ2v) is 4.58. The molecular weight excluding hydrogens is 245 g/mol. The van der Waals surface area contributed by atoms with E-state index in [2.05, 4.69) is 24.3 Å². The maximum Gasteiger partial charge on any atom is 0.146 e. The summed E-state index contributed by atoms with van der Waals surface area (Å²) in [6, 6.07) is 6.85. The highest BCUT2D eigenvalue weighted by molar-refractivity contribution is 5.49. The van der Waals surface area contributed by atoms with Gasteiger partial charge in [-0.2, -0.15) is 5.10 Å². The summed E-state index contributed by atoms with van der Waals surface area (Å²) in [5.74, 6) is 0.320. The molecule has 4 nitrogen and oxygen atoms in total. The molecule has 1 aromatic carbocycles. The average molecular weight is 263 g/mol. The van der Waals surface area contributed by atoms with E-state index >= 15 is 0 Å². The smallest absolute Gasteiger partial charge is 0.146 e. The Kier molecular flexibility index (Phi) is 4.04. The topological polar surface area (TPSA) is 39.1 Å². The third-order valence-electron chi connectivity index (χ3n) is 2.83. The Labute approximate surface area is 112 Å². The second-order valence-electron chi connectivity index (χ2n) is 4.58. The van der Waals surface area contributed by atoms with Crippen molar-refractivity contribution in [3.8, 4) is 5.75 Å². The maximum atomic E-state index is 13.6. The van der Waals surface area contributed by atoms with Gasteiger partial charge < -0.3 is 10.1 Å². The first-order valence-electron chi connectivity index (χ1n) is 6.21. The molecule has 0 saturated carbocycles. The van der Waals surface area contributed by atoms with E-state index in [1.807, 2.05) is 16.9 Å². The van der Waals surface area contributed by atoms with Gasteiger partial charge in [0, 0.05) is 18.3 Å². The molecule has 1 N–H and O–H groups in total. The molecule has 0 aliphatic heterocycles. The fourth-order valence-corrected chi connectivity index (χ4v) is 1.71. The quantitative estimate of drug-likeness (QED) is 0.900. The molecule has 5 heteroatoms. The van der Waals surface area contributed by atoms with Gasteiger partial charge in [0.2, 0.25) is 0 Å². The van der Waals surface area contributed by atoms with Crippen molar-refractivity contribution in [3.05, 3.63) is 42.0 Å². The minimum Gasteiger partial charge on any atom is -0.497 e. The summed E-state index contributed by atoms with van der Waals surface area (Å²) in [5, 5.41) is 7.42. The lowest BCUT2D eigenvalue weighted by Crippen LogP contribution is -2.05. The van der Waals surface area contributed by atoms with Crippen molar-refractivity contribution >= 4 is 5.69 Å². The summed E-state index contributed by atoms with van der Waals surface area (Å²) >= 11 is 0. The molecule has 0 radical (unpaired) electrons. The molecule has 0 aliphatic carbocycles. The molecule has 0 aliphatic rings. The van der Waals surface area contributed by atoms with E-state index in [-0.39, 0.29) is 5.82 Å². The van der Waals surface area contributed by atoms with Gasteiger partial charge in [0.15, 0.2) is 0 Å². The molecule has 0 fully saturated rings. The van der Waals surface area contributed by atoms with E-state index in [0.717, 1.165) is 5.69 Å². The van der Waals surface area contributed by atoms with E-state index in [1.54, 1.807) is 19.2 Å². The molecule has 2 rings (SSSR count). The number of anilines is 1. The number of nitrogens with one attached hydrogen (secondary N) is 1. The van der Waals surface area contributed by atoms with Gasteiger partial charge in [-0.1, -0.05) is 0 Å². The number of benzene rings is 1. The van der Waals surface area contributed by atoms with Crippen molar-refractivity contribution in [2.45, 2.75) is 26.4 Å². The van der Waals surface area contributed by atoms with Gasteiger partial charge in [-0.25, -0.2) is 4.39 Å². The van der Waals surface area contributed by atoms with Gasteiger partial charge >= 0.3 is 0 Å². The van der Waals surface area contributed by atoms with Crippen molar-refractivity contribution in [2.24, 2.45) is 0 Å². The van der Waals surface area contributed by atoms with Crippen LogP contribution >= 0.6 is 0 Å². The molecule has 1 aromatic heterocycles. The molecule has 0 atom stereocenters. The average Bonchev–Trinajstić information content (AvgIpc) is 2.87. The molecule has 0 bridgehead atoms. The van der Waals surface area contributed by atoms with Gasteiger partial charge in [-0.15, -0.1) is 0 Å². The highest BCUT2D eigenvalue weighted by Crippen LogP contribution is 2.21. The number of halogens is 1. The summed E-state index contributed by atoms with van der Waals surface area (Å²) in [6.45, 7) is 4.60. The monoisotopic (exact) mass is 263 g/mol. The summed E-state index contributed by atoms with van der Waals surface area (Å²) in [6.07, 6.45) is 1.92. The predicted molar refractivity (Wildman–Crippen MR) is 72.9 cm³/mol. The highest BCUT2D eigenvalue weighted by Gasteiger charge is 2.06. The SMILES string of the molecule is COc1ccc(F)c(NCc2ccn(C(C)C)n2)c1. The van der Waals surface area contributed by atoms with Gasteiger partial charge in [-0.05, 0) is 32.0 Å². The Morgan fingerprint density at radius 1 is 1.37 bits per heavy atom. The van der Waals surface area contributed by atoms with Gasteiger partial charge in [-0.3, -0.25) is 4.68 Å². The minimum atomic E-state index is -0.302. The van der Waals surface area contributed by atoms with Crippen LogP contribution in [0.3, 0.4) is 0 Å². The van der Waals surface area contributed by atoms with Crippen LogP contribution in [-0.4, -0.2) is 16.9 Å². The molecule has 102 valence electrons. The van der Waals surface area contributed by atoms with Gasteiger partial charge in [0.25, 0.3) is 0 Å². The number of ether oxygens (including phenoxy) is 1. The van der Waals surface area contributed by atoms with Crippen molar-refractivity contribution < 1.29 is 9.13 Å². The molecule has 19 heavy (non-hydrogen) atoms. The van der Waals surface area contributed by atoms with E-state index in [0.29, 0.717) is 24.0 Å². The summed E-state index contributed by atoms with van der Waals surface area (Å²) in [7, 11) is 1.56. The normalized spacial score (nSPS) is 10.8. The molecular formula is C14H18FN3O. The lowest BCUT2D eigenvalue weighted by molar-refractivity contribution is 0.414. The molecule has 0 amide bonds. The largest absolute Gasteiger partial charge is 0.497 e. The van der Waals surface area contributed by atoms with Gasteiger partial charge in [0.1, 0.15) is 11.6 Å². The number of hydrogen-bond acceptors (Lipinski definition) is 3. The Balaban J connectivity index is 2.05. The lowest BCUT2D eigenvalue weighted by atomic mass is 10.2. The van der Waals surface area contributed by atoms with E-state index in [1.165, 1.54) is 6.07 Å². The number of methoxy groups -OCH3 is 1. The van der Waals surface area contributed by atoms with Crippen LogP contribution in [0.2, 0.25) is 0 Å². The van der Waals surface area contributed by atoms with Crippen LogP contribution in [0.4, 0.5) is 10.1 Å². The van der Waals surface area contributed by atoms with Crippen LogP contribution < -0.4 is 10.1 Å². The van der Waals surface area contributed by atoms with Crippen LogP contribution in [0.5, 0.6) is 5.75 Å². The second kappa shape index (κ2) is 5.73. The van der Waals surface area contributed by atoms with E-state index in [4.69, 9.17) is 4.74 Å². The summed E-state index contributed by atoms with van der Waals surface area (Å²) in [4.78, 5) is 0. The fourth-order valence-electron chi connectivity index (χ4n) is 1.71. The Bertz CT molecular complexity index is 551. The number of nitrogens with zero attached hydrogens (tertiary/aromatic N) is 2. The van der Waals surface area contributed by atoms with Crippen molar-refractivity contribution in [3.63, 3.8) is 0 Å². The maximum absolute atomic E-state index is 13.6. The number of aromatic nitrogens is 2. The summed E-state index contributed by atoms with van der Waals surface area (Å²) in [5.41, 5.74) is 1.29.